The van der Waals surface area contributed by atoms with E-state index in [0.717, 1.165) is 16.7 Å². The first-order valence-corrected chi connectivity index (χ1v) is 4.24. The van der Waals surface area contributed by atoms with Crippen LogP contribution in [-0.4, -0.2) is 16.8 Å². The van der Waals surface area contributed by atoms with E-state index in [1.54, 1.807) is 6.20 Å². The molecule has 0 aliphatic heterocycles. The minimum Gasteiger partial charge on any atom is -0.494 e. The zero-order valence-electron chi connectivity index (χ0n) is 7.40. The molecule has 2 rings (SSSR count). The van der Waals surface area contributed by atoms with Crippen molar-refractivity contribution in [2.24, 2.45) is 0 Å². The van der Waals surface area contributed by atoms with E-state index in [1.807, 2.05) is 31.2 Å². The third kappa shape index (κ3) is 1.59. The fourth-order valence-corrected chi connectivity index (χ4v) is 1.22. The molecular formula is C10H10N2O. The quantitative estimate of drug-likeness (QED) is 0.698. The minimum atomic E-state index is 0.672. The summed E-state index contributed by atoms with van der Waals surface area (Å²) >= 11 is 0. The fourth-order valence-electron chi connectivity index (χ4n) is 1.22. The highest BCUT2D eigenvalue weighted by atomic mass is 16.5. The van der Waals surface area contributed by atoms with Crippen LogP contribution in [0.2, 0.25) is 0 Å². The molecule has 66 valence electrons. The molecular weight excluding hydrogens is 164 g/mol. The Balaban J connectivity index is 2.49. The number of rotatable bonds is 2. The van der Waals surface area contributed by atoms with Crippen LogP contribution in [0.5, 0.6) is 5.75 Å². The molecule has 0 N–H and O–H groups in total. The van der Waals surface area contributed by atoms with Crippen LogP contribution in [0.3, 0.4) is 0 Å². The SMILES string of the molecule is CCOc1ccc2ccnnc2c1. The van der Waals surface area contributed by atoms with E-state index in [2.05, 4.69) is 10.2 Å². The van der Waals surface area contributed by atoms with Crippen molar-refractivity contribution in [2.45, 2.75) is 6.92 Å². The first kappa shape index (κ1) is 7.98. The number of fused-ring (bicyclic) bond motifs is 1. The van der Waals surface area contributed by atoms with Crippen LogP contribution in [0.4, 0.5) is 0 Å². The summed E-state index contributed by atoms with van der Waals surface area (Å²) in [5.74, 6) is 0.843. The van der Waals surface area contributed by atoms with Crippen LogP contribution in [0.1, 0.15) is 6.92 Å². The van der Waals surface area contributed by atoms with E-state index in [0.29, 0.717) is 6.61 Å². The zero-order chi connectivity index (χ0) is 9.10. The average molecular weight is 174 g/mol. The summed E-state index contributed by atoms with van der Waals surface area (Å²) in [7, 11) is 0. The van der Waals surface area contributed by atoms with Gasteiger partial charge in [0.15, 0.2) is 0 Å². The Morgan fingerprint density at radius 3 is 3.08 bits per heavy atom. The molecule has 13 heavy (non-hydrogen) atoms. The summed E-state index contributed by atoms with van der Waals surface area (Å²) in [5, 5.41) is 8.88. The first-order valence-electron chi connectivity index (χ1n) is 4.24. The van der Waals surface area contributed by atoms with Gasteiger partial charge in [-0.2, -0.15) is 10.2 Å². The molecule has 1 aromatic heterocycles. The molecule has 0 radical (unpaired) electrons. The maximum atomic E-state index is 5.35. The molecule has 3 nitrogen and oxygen atoms in total. The second-order valence-electron chi connectivity index (χ2n) is 2.68. The lowest BCUT2D eigenvalue weighted by atomic mass is 10.2. The molecule has 0 unspecified atom stereocenters. The Bertz CT molecular complexity index is 414. The van der Waals surface area contributed by atoms with E-state index in [4.69, 9.17) is 4.74 Å². The second-order valence-corrected chi connectivity index (χ2v) is 2.68. The van der Waals surface area contributed by atoms with Crippen molar-refractivity contribution in [2.75, 3.05) is 6.61 Å². The van der Waals surface area contributed by atoms with Gasteiger partial charge in [-0.1, -0.05) is 0 Å². The van der Waals surface area contributed by atoms with Gasteiger partial charge in [0, 0.05) is 11.5 Å². The topological polar surface area (TPSA) is 35.0 Å². The molecule has 0 aliphatic carbocycles. The van der Waals surface area contributed by atoms with Crippen molar-refractivity contribution in [3.63, 3.8) is 0 Å². The monoisotopic (exact) mass is 174 g/mol. The highest BCUT2D eigenvalue weighted by Crippen LogP contribution is 2.17. The molecule has 0 amide bonds. The molecule has 2 aromatic rings. The van der Waals surface area contributed by atoms with Crippen molar-refractivity contribution >= 4 is 10.9 Å². The van der Waals surface area contributed by atoms with Gasteiger partial charge in [-0.3, -0.25) is 0 Å². The van der Waals surface area contributed by atoms with Crippen LogP contribution in [0, 0.1) is 0 Å². The smallest absolute Gasteiger partial charge is 0.121 e. The number of hydrogen-bond acceptors (Lipinski definition) is 3. The number of aromatic nitrogens is 2. The minimum absolute atomic E-state index is 0.672. The summed E-state index contributed by atoms with van der Waals surface area (Å²) in [5.41, 5.74) is 0.869. The van der Waals surface area contributed by atoms with Gasteiger partial charge >= 0.3 is 0 Å². The second kappa shape index (κ2) is 3.39. The third-order valence-electron chi connectivity index (χ3n) is 1.80. The highest BCUT2D eigenvalue weighted by molar-refractivity contribution is 5.79. The summed E-state index contributed by atoms with van der Waals surface area (Å²) in [6.07, 6.45) is 1.68. The maximum Gasteiger partial charge on any atom is 0.121 e. The fraction of sp³-hybridized carbons (Fsp3) is 0.200. The molecule has 0 atom stereocenters. The van der Waals surface area contributed by atoms with Gasteiger partial charge in [0.05, 0.1) is 18.3 Å². The molecule has 0 spiro atoms. The van der Waals surface area contributed by atoms with Gasteiger partial charge < -0.3 is 4.74 Å². The molecule has 0 aliphatic rings. The van der Waals surface area contributed by atoms with E-state index in [1.165, 1.54) is 0 Å². The number of hydrogen-bond donors (Lipinski definition) is 0. The van der Waals surface area contributed by atoms with Crippen molar-refractivity contribution in [3.8, 4) is 5.75 Å². The van der Waals surface area contributed by atoms with Crippen molar-refractivity contribution in [1.29, 1.82) is 0 Å². The molecule has 0 fully saturated rings. The molecule has 3 heteroatoms. The number of benzene rings is 1. The molecule has 0 bridgehead atoms. The number of ether oxygens (including phenoxy) is 1. The lowest BCUT2D eigenvalue weighted by Gasteiger charge is -2.02. The van der Waals surface area contributed by atoms with Gasteiger partial charge in [0.1, 0.15) is 5.75 Å². The van der Waals surface area contributed by atoms with E-state index in [-0.39, 0.29) is 0 Å². The van der Waals surface area contributed by atoms with Crippen molar-refractivity contribution in [1.82, 2.24) is 10.2 Å². The molecule has 0 saturated carbocycles. The summed E-state index contributed by atoms with van der Waals surface area (Å²) in [4.78, 5) is 0. The predicted molar refractivity (Wildman–Crippen MR) is 50.7 cm³/mol. The first-order chi connectivity index (χ1) is 6.40. The average Bonchev–Trinajstić information content (AvgIpc) is 2.18. The molecule has 1 aromatic carbocycles. The van der Waals surface area contributed by atoms with Gasteiger partial charge in [-0.05, 0) is 25.1 Å². The Labute approximate surface area is 76.4 Å². The lowest BCUT2D eigenvalue weighted by molar-refractivity contribution is 0.340. The van der Waals surface area contributed by atoms with Crippen molar-refractivity contribution in [3.05, 3.63) is 30.5 Å². The lowest BCUT2D eigenvalue weighted by Crippen LogP contribution is -1.91. The van der Waals surface area contributed by atoms with Crippen molar-refractivity contribution < 1.29 is 4.74 Å². The Kier molecular flexibility index (Phi) is 2.08. The van der Waals surface area contributed by atoms with E-state index in [9.17, 15) is 0 Å². The third-order valence-corrected chi connectivity index (χ3v) is 1.80. The van der Waals surface area contributed by atoms with Gasteiger partial charge in [0.2, 0.25) is 0 Å². The maximum absolute atomic E-state index is 5.35. The predicted octanol–water partition coefficient (Wildman–Crippen LogP) is 2.03. The Morgan fingerprint density at radius 2 is 2.23 bits per heavy atom. The van der Waals surface area contributed by atoms with E-state index >= 15 is 0 Å². The zero-order valence-corrected chi connectivity index (χ0v) is 7.40. The van der Waals surface area contributed by atoms with E-state index < -0.39 is 0 Å². The largest absolute Gasteiger partial charge is 0.494 e. The van der Waals surface area contributed by atoms with Gasteiger partial charge in [0.25, 0.3) is 0 Å². The number of nitrogens with zero attached hydrogens (tertiary/aromatic N) is 2. The van der Waals surface area contributed by atoms with Crippen LogP contribution in [0.15, 0.2) is 30.5 Å². The van der Waals surface area contributed by atoms with Gasteiger partial charge in [-0.15, -0.1) is 0 Å². The molecule has 1 heterocycles. The molecule has 0 saturated heterocycles. The van der Waals surface area contributed by atoms with Crippen LogP contribution in [-0.2, 0) is 0 Å². The Morgan fingerprint density at radius 1 is 1.31 bits per heavy atom. The van der Waals surface area contributed by atoms with Crippen LogP contribution < -0.4 is 4.74 Å². The summed E-state index contributed by atoms with van der Waals surface area (Å²) < 4.78 is 5.35. The summed E-state index contributed by atoms with van der Waals surface area (Å²) in [6.45, 7) is 2.63. The summed E-state index contributed by atoms with van der Waals surface area (Å²) in [6, 6.07) is 7.74. The normalized spacial score (nSPS) is 10.2. The highest BCUT2D eigenvalue weighted by Gasteiger charge is 1.96. The standard InChI is InChI=1S/C10H10N2O/c1-2-13-9-4-3-8-5-6-11-12-10(8)7-9/h3-7H,2H2,1H3. The van der Waals surface area contributed by atoms with Crippen LogP contribution >= 0.6 is 0 Å². The Hall–Kier alpha value is -1.64. The van der Waals surface area contributed by atoms with Crippen LogP contribution in [0.25, 0.3) is 10.9 Å². The van der Waals surface area contributed by atoms with Gasteiger partial charge in [-0.25, -0.2) is 0 Å².